The van der Waals surface area contributed by atoms with Crippen LogP contribution in [0.15, 0.2) is 0 Å². The van der Waals surface area contributed by atoms with Gasteiger partial charge in [0.05, 0.1) is 12.1 Å². The summed E-state index contributed by atoms with van der Waals surface area (Å²) in [5.74, 6) is 5.53. The van der Waals surface area contributed by atoms with E-state index >= 15 is 0 Å². The second-order valence-corrected chi connectivity index (χ2v) is 2.67. The van der Waals surface area contributed by atoms with Gasteiger partial charge in [-0.2, -0.15) is 10.5 Å². The molecule has 0 unspecified atom stereocenters. The summed E-state index contributed by atoms with van der Waals surface area (Å²) in [5.41, 5.74) is 0. The standard InChI is InChI=1S/C7H10N4/c8-4-6-2-1-3-7(5-9)11(6)10/h6-7H,1-3,10H2/t6-,7-/m0/s1. The van der Waals surface area contributed by atoms with Crippen LogP contribution in [0.4, 0.5) is 0 Å². The van der Waals surface area contributed by atoms with Gasteiger partial charge in [-0.25, -0.2) is 5.01 Å². The molecule has 1 aliphatic rings. The Kier molecular flexibility index (Phi) is 2.43. The monoisotopic (exact) mass is 150 g/mol. The normalized spacial score (nSPS) is 32.3. The molecule has 1 saturated heterocycles. The van der Waals surface area contributed by atoms with E-state index in [-0.39, 0.29) is 12.1 Å². The van der Waals surface area contributed by atoms with Gasteiger partial charge in [0.25, 0.3) is 0 Å². The third kappa shape index (κ3) is 1.48. The number of piperidine rings is 1. The second-order valence-electron chi connectivity index (χ2n) is 2.67. The van der Waals surface area contributed by atoms with Crippen LogP contribution in [0.2, 0.25) is 0 Å². The zero-order chi connectivity index (χ0) is 8.27. The van der Waals surface area contributed by atoms with Gasteiger partial charge in [-0.15, -0.1) is 0 Å². The SMILES string of the molecule is N#C[C@@H]1CCC[C@@H](C#N)N1N. The van der Waals surface area contributed by atoms with Crippen molar-refractivity contribution in [1.82, 2.24) is 5.01 Å². The van der Waals surface area contributed by atoms with Crippen LogP contribution in [0.25, 0.3) is 0 Å². The average Bonchev–Trinajstić information content (AvgIpc) is 2.05. The van der Waals surface area contributed by atoms with Crippen LogP contribution in [-0.2, 0) is 0 Å². The third-order valence-electron chi connectivity index (χ3n) is 1.97. The third-order valence-corrected chi connectivity index (χ3v) is 1.97. The quantitative estimate of drug-likeness (QED) is 0.498. The highest BCUT2D eigenvalue weighted by Crippen LogP contribution is 2.18. The highest BCUT2D eigenvalue weighted by Gasteiger charge is 2.27. The summed E-state index contributed by atoms with van der Waals surface area (Å²) in [6.07, 6.45) is 2.49. The van der Waals surface area contributed by atoms with Crippen molar-refractivity contribution >= 4 is 0 Å². The van der Waals surface area contributed by atoms with E-state index in [1.807, 2.05) is 0 Å². The highest BCUT2D eigenvalue weighted by molar-refractivity contribution is 5.02. The lowest BCUT2D eigenvalue weighted by Crippen LogP contribution is -2.49. The van der Waals surface area contributed by atoms with E-state index in [0.717, 1.165) is 19.3 Å². The topological polar surface area (TPSA) is 76.8 Å². The fraction of sp³-hybridized carbons (Fsp3) is 0.714. The summed E-state index contributed by atoms with van der Waals surface area (Å²) >= 11 is 0. The zero-order valence-electron chi connectivity index (χ0n) is 6.20. The lowest BCUT2D eigenvalue weighted by molar-refractivity contribution is 0.147. The molecule has 0 aromatic carbocycles. The summed E-state index contributed by atoms with van der Waals surface area (Å²) < 4.78 is 0. The van der Waals surface area contributed by atoms with Crippen molar-refractivity contribution in [3.05, 3.63) is 0 Å². The number of hydrogen-bond acceptors (Lipinski definition) is 4. The molecule has 0 saturated carbocycles. The molecule has 0 aliphatic carbocycles. The van der Waals surface area contributed by atoms with E-state index < -0.39 is 0 Å². The van der Waals surface area contributed by atoms with Gasteiger partial charge in [0.2, 0.25) is 0 Å². The lowest BCUT2D eigenvalue weighted by Gasteiger charge is -2.30. The molecule has 1 fully saturated rings. The summed E-state index contributed by atoms with van der Waals surface area (Å²) in [5, 5.41) is 18.6. The van der Waals surface area contributed by atoms with Crippen LogP contribution < -0.4 is 5.84 Å². The predicted molar refractivity (Wildman–Crippen MR) is 38.7 cm³/mol. The van der Waals surface area contributed by atoms with Gasteiger partial charge < -0.3 is 0 Å². The number of hydrogen-bond donors (Lipinski definition) is 1. The van der Waals surface area contributed by atoms with E-state index in [1.165, 1.54) is 5.01 Å². The minimum atomic E-state index is -0.270. The van der Waals surface area contributed by atoms with Crippen LogP contribution in [0.5, 0.6) is 0 Å². The molecular weight excluding hydrogens is 140 g/mol. The first-order valence-electron chi connectivity index (χ1n) is 3.62. The Labute approximate surface area is 65.8 Å². The van der Waals surface area contributed by atoms with Crippen LogP contribution >= 0.6 is 0 Å². The van der Waals surface area contributed by atoms with Crippen LogP contribution in [0, 0.1) is 22.7 Å². The summed E-state index contributed by atoms with van der Waals surface area (Å²) in [6.45, 7) is 0. The summed E-state index contributed by atoms with van der Waals surface area (Å²) in [7, 11) is 0. The molecule has 1 aliphatic heterocycles. The maximum Gasteiger partial charge on any atom is 0.112 e. The van der Waals surface area contributed by atoms with Crippen molar-refractivity contribution < 1.29 is 0 Å². The maximum atomic E-state index is 8.59. The van der Waals surface area contributed by atoms with E-state index in [0.29, 0.717) is 0 Å². The van der Waals surface area contributed by atoms with Gasteiger partial charge in [-0.3, -0.25) is 5.84 Å². The van der Waals surface area contributed by atoms with Crippen molar-refractivity contribution in [3.63, 3.8) is 0 Å². The first-order valence-corrected chi connectivity index (χ1v) is 3.62. The van der Waals surface area contributed by atoms with E-state index in [2.05, 4.69) is 12.1 Å². The smallest absolute Gasteiger partial charge is 0.112 e. The minimum absolute atomic E-state index is 0.270. The first-order chi connectivity index (χ1) is 5.29. The molecule has 4 heteroatoms. The molecule has 2 N–H and O–H groups in total. The molecule has 4 nitrogen and oxygen atoms in total. The Morgan fingerprint density at radius 2 is 1.64 bits per heavy atom. The molecule has 0 spiro atoms. The van der Waals surface area contributed by atoms with Crippen molar-refractivity contribution in [2.75, 3.05) is 0 Å². The largest absolute Gasteiger partial charge is 0.266 e. The Morgan fingerprint density at radius 3 is 2.00 bits per heavy atom. The highest BCUT2D eigenvalue weighted by atomic mass is 15.4. The second kappa shape index (κ2) is 3.34. The van der Waals surface area contributed by atoms with E-state index in [9.17, 15) is 0 Å². The summed E-state index contributed by atoms with van der Waals surface area (Å²) in [6, 6.07) is 3.60. The van der Waals surface area contributed by atoms with Gasteiger partial charge in [-0.05, 0) is 19.3 Å². The Balaban J connectivity index is 2.62. The molecule has 0 aromatic rings. The van der Waals surface area contributed by atoms with Crippen molar-refractivity contribution in [2.45, 2.75) is 31.3 Å². The van der Waals surface area contributed by atoms with E-state index in [4.69, 9.17) is 16.4 Å². The first kappa shape index (κ1) is 8.00. The van der Waals surface area contributed by atoms with Crippen LogP contribution in [0.1, 0.15) is 19.3 Å². The van der Waals surface area contributed by atoms with Crippen LogP contribution in [-0.4, -0.2) is 17.1 Å². The Bertz CT molecular complexity index is 189. The lowest BCUT2D eigenvalue weighted by atomic mass is 9.99. The van der Waals surface area contributed by atoms with Gasteiger partial charge >= 0.3 is 0 Å². The van der Waals surface area contributed by atoms with Crippen molar-refractivity contribution in [1.29, 1.82) is 10.5 Å². The number of rotatable bonds is 0. The van der Waals surface area contributed by atoms with E-state index in [1.54, 1.807) is 0 Å². The fourth-order valence-electron chi connectivity index (χ4n) is 1.28. The molecule has 1 heterocycles. The van der Waals surface area contributed by atoms with Gasteiger partial charge in [0.1, 0.15) is 12.1 Å². The Hall–Kier alpha value is -1.10. The molecule has 0 bridgehead atoms. The number of nitriles is 2. The molecular formula is C7H10N4. The molecule has 2 atom stereocenters. The predicted octanol–water partition coefficient (Wildman–Crippen LogP) is 0.130. The number of nitrogens with two attached hydrogens (primary N) is 1. The van der Waals surface area contributed by atoms with Crippen molar-refractivity contribution in [3.8, 4) is 12.1 Å². The van der Waals surface area contributed by atoms with Crippen LogP contribution in [0.3, 0.4) is 0 Å². The van der Waals surface area contributed by atoms with Gasteiger partial charge in [0.15, 0.2) is 0 Å². The fourth-order valence-corrected chi connectivity index (χ4v) is 1.28. The van der Waals surface area contributed by atoms with Crippen molar-refractivity contribution in [2.24, 2.45) is 5.84 Å². The maximum absolute atomic E-state index is 8.59. The molecule has 0 radical (unpaired) electrons. The van der Waals surface area contributed by atoms with Gasteiger partial charge in [0, 0.05) is 0 Å². The number of nitrogens with zero attached hydrogens (tertiary/aromatic N) is 3. The molecule has 58 valence electrons. The average molecular weight is 150 g/mol. The minimum Gasteiger partial charge on any atom is -0.266 e. The number of hydrazine groups is 1. The Morgan fingerprint density at radius 1 is 1.18 bits per heavy atom. The molecule has 1 rings (SSSR count). The van der Waals surface area contributed by atoms with Gasteiger partial charge in [-0.1, -0.05) is 0 Å². The molecule has 11 heavy (non-hydrogen) atoms. The summed E-state index contributed by atoms with van der Waals surface area (Å²) in [4.78, 5) is 0. The molecule has 0 aromatic heterocycles. The zero-order valence-corrected chi connectivity index (χ0v) is 6.20. The molecule has 0 amide bonds.